The molecule has 1 N–H and O–H groups in total. The molecule has 1 aliphatic rings. The number of carbonyl (C=O) groups is 1. The number of benzene rings is 1. The molecule has 4 nitrogen and oxygen atoms in total. The van der Waals surface area contributed by atoms with E-state index in [2.05, 4.69) is 36.8 Å². The second-order valence-electron chi connectivity index (χ2n) is 6.61. The molecule has 4 heteroatoms. The molecule has 0 bridgehead atoms. The van der Waals surface area contributed by atoms with Crippen LogP contribution >= 0.6 is 0 Å². The topological polar surface area (TPSA) is 49.0 Å². The fourth-order valence-electron chi connectivity index (χ4n) is 2.79. The van der Waals surface area contributed by atoms with E-state index in [1.807, 2.05) is 23.1 Å². The van der Waals surface area contributed by atoms with E-state index in [0.717, 1.165) is 29.6 Å². The molecule has 1 aromatic carbocycles. The normalized spacial score (nSPS) is 16.1. The smallest absolute Gasteiger partial charge is 0.254 e. The molecule has 0 atom stereocenters. The van der Waals surface area contributed by atoms with Gasteiger partial charge in [0.2, 0.25) is 0 Å². The van der Waals surface area contributed by atoms with Gasteiger partial charge in [-0.1, -0.05) is 32.4 Å². The zero-order valence-electron chi connectivity index (χ0n) is 12.8. The number of amides is 1. The summed E-state index contributed by atoms with van der Waals surface area (Å²) in [6.07, 6.45) is 4.82. The Balaban J connectivity index is 1.79. The standard InChI is InChI=1S/C17H21N3O/c1-17(2,3)13-6-8-20(9-7-13)16(21)12-4-5-14-15(10-12)19-11-18-14/h4-6,10-11H,7-9H2,1-3H3,(H,18,19). The van der Waals surface area contributed by atoms with Crippen molar-refractivity contribution in [3.63, 3.8) is 0 Å². The lowest BCUT2D eigenvalue weighted by atomic mass is 9.83. The van der Waals surface area contributed by atoms with Gasteiger partial charge in [-0.25, -0.2) is 4.98 Å². The first-order valence-corrected chi connectivity index (χ1v) is 7.37. The molecule has 2 heterocycles. The van der Waals surface area contributed by atoms with Gasteiger partial charge in [-0.15, -0.1) is 0 Å². The number of aromatic amines is 1. The second-order valence-corrected chi connectivity index (χ2v) is 6.61. The molecule has 110 valence electrons. The molecule has 0 saturated carbocycles. The quantitative estimate of drug-likeness (QED) is 0.816. The lowest BCUT2D eigenvalue weighted by molar-refractivity contribution is 0.0765. The number of imidazole rings is 1. The fraction of sp³-hybridized carbons (Fsp3) is 0.412. The van der Waals surface area contributed by atoms with Gasteiger partial charge in [-0.3, -0.25) is 4.79 Å². The summed E-state index contributed by atoms with van der Waals surface area (Å²) in [7, 11) is 0. The molecule has 3 rings (SSSR count). The first-order valence-electron chi connectivity index (χ1n) is 7.37. The maximum Gasteiger partial charge on any atom is 0.254 e. The van der Waals surface area contributed by atoms with Crippen LogP contribution in [0.15, 0.2) is 36.2 Å². The number of rotatable bonds is 1. The summed E-state index contributed by atoms with van der Waals surface area (Å²) in [6, 6.07) is 5.63. The van der Waals surface area contributed by atoms with Crippen LogP contribution in [0.25, 0.3) is 11.0 Å². The molecule has 1 aliphatic heterocycles. The predicted octanol–water partition coefficient (Wildman–Crippen LogP) is 3.38. The molecule has 1 aromatic heterocycles. The first kappa shape index (κ1) is 13.9. The lowest BCUT2D eigenvalue weighted by Crippen LogP contribution is -2.36. The molecule has 0 unspecified atom stereocenters. The van der Waals surface area contributed by atoms with Gasteiger partial charge in [-0.2, -0.15) is 0 Å². The van der Waals surface area contributed by atoms with Crippen molar-refractivity contribution in [2.45, 2.75) is 27.2 Å². The highest BCUT2D eigenvalue weighted by molar-refractivity contribution is 5.97. The Hall–Kier alpha value is -2.10. The molecule has 0 fully saturated rings. The van der Waals surface area contributed by atoms with Gasteiger partial charge in [0, 0.05) is 18.7 Å². The summed E-state index contributed by atoms with van der Waals surface area (Å²) in [5, 5.41) is 0. The van der Waals surface area contributed by atoms with E-state index in [1.165, 1.54) is 5.57 Å². The Morgan fingerprint density at radius 2 is 2.14 bits per heavy atom. The van der Waals surface area contributed by atoms with Crippen LogP contribution in [0.2, 0.25) is 0 Å². The molecule has 0 spiro atoms. The van der Waals surface area contributed by atoms with E-state index in [1.54, 1.807) is 6.33 Å². The number of nitrogens with zero attached hydrogens (tertiary/aromatic N) is 2. The summed E-state index contributed by atoms with van der Waals surface area (Å²) in [5.74, 6) is 0.0932. The van der Waals surface area contributed by atoms with Crippen molar-refractivity contribution in [1.82, 2.24) is 14.9 Å². The van der Waals surface area contributed by atoms with Gasteiger partial charge in [0.05, 0.1) is 17.4 Å². The summed E-state index contributed by atoms with van der Waals surface area (Å²) in [5.41, 5.74) is 4.16. The van der Waals surface area contributed by atoms with Crippen LogP contribution in [-0.2, 0) is 0 Å². The van der Waals surface area contributed by atoms with Crippen molar-refractivity contribution >= 4 is 16.9 Å². The summed E-state index contributed by atoms with van der Waals surface area (Å²) in [6.45, 7) is 8.17. The number of fused-ring (bicyclic) bond motifs is 1. The number of H-pyrrole nitrogens is 1. The van der Waals surface area contributed by atoms with E-state index in [9.17, 15) is 4.79 Å². The van der Waals surface area contributed by atoms with Crippen LogP contribution in [0.1, 0.15) is 37.6 Å². The zero-order chi connectivity index (χ0) is 15.0. The van der Waals surface area contributed by atoms with Crippen LogP contribution in [0.5, 0.6) is 0 Å². The van der Waals surface area contributed by atoms with Crippen LogP contribution in [-0.4, -0.2) is 33.9 Å². The van der Waals surface area contributed by atoms with E-state index >= 15 is 0 Å². The molecule has 21 heavy (non-hydrogen) atoms. The third kappa shape index (κ3) is 2.71. The minimum atomic E-state index is 0.0932. The van der Waals surface area contributed by atoms with Crippen molar-refractivity contribution in [1.29, 1.82) is 0 Å². The highest BCUT2D eigenvalue weighted by Crippen LogP contribution is 2.30. The molecule has 0 aliphatic carbocycles. The predicted molar refractivity (Wildman–Crippen MR) is 84.2 cm³/mol. The minimum absolute atomic E-state index is 0.0932. The average molecular weight is 283 g/mol. The van der Waals surface area contributed by atoms with Crippen molar-refractivity contribution < 1.29 is 4.79 Å². The van der Waals surface area contributed by atoms with Crippen LogP contribution in [0.3, 0.4) is 0 Å². The molecular formula is C17H21N3O. The third-order valence-electron chi connectivity index (χ3n) is 4.13. The number of hydrogen-bond acceptors (Lipinski definition) is 2. The zero-order valence-corrected chi connectivity index (χ0v) is 12.8. The Labute approximate surface area is 124 Å². The third-order valence-corrected chi connectivity index (χ3v) is 4.13. The Morgan fingerprint density at radius 1 is 1.33 bits per heavy atom. The van der Waals surface area contributed by atoms with Crippen molar-refractivity contribution in [3.05, 3.63) is 41.7 Å². The largest absolute Gasteiger partial charge is 0.345 e. The monoisotopic (exact) mass is 283 g/mol. The van der Waals surface area contributed by atoms with E-state index in [-0.39, 0.29) is 11.3 Å². The highest BCUT2D eigenvalue weighted by atomic mass is 16.2. The molecular weight excluding hydrogens is 262 g/mol. The van der Waals surface area contributed by atoms with Crippen molar-refractivity contribution in [2.24, 2.45) is 5.41 Å². The average Bonchev–Trinajstić information content (AvgIpc) is 2.93. The van der Waals surface area contributed by atoms with Gasteiger partial charge >= 0.3 is 0 Å². The van der Waals surface area contributed by atoms with Gasteiger partial charge in [0.15, 0.2) is 0 Å². The Kier molecular flexibility index (Phi) is 3.32. The number of carbonyl (C=O) groups excluding carboxylic acids is 1. The minimum Gasteiger partial charge on any atom is -0.345 e. The molecule has 2 aromatic rings. The van der Waals surface area contributed by atoms with Gasteiger partial charge < -0.3 is 9.88 Å². The van der Waals surface area contributed by atoms with Gasteiger partial charge in [0.25, 0.3) is 5.91 Å². The molecule has 0 radical (unpaired) electrons. The molecule has 0 saturated heterocycles. The number of nitrogens with one attached hydrogen (secondary N) is 1. The van der Waals surface area contributed by atoms with Gasteiger partial charge in [-0.05, 0) is 30.0 Å². The number of hydrogen-bond donors (Lipinski definition) is 1. The highest BCUT2D eigenvalue weighted by Gasteiger charge is 2.24. The van der Waals surface area contributed by atoms with E-state index < -0.39 is 0 Å². The summed E-state index contributed by atoms with van der Waals surface area (Å²) in [4.78, 5) is 21.7. The van der Waals surface area contributed by atoms with E-state index in [4.69, 9.17) is 0 Å². The van der Waals surface area contributed by atoms with Crippen molar-refractivity contribution in [3.8, 4) is 0 Å². The van der Waals surface area contributed by atoms with Gasteiger partial charge in [0.1, 0.15) is 0 Å². The summed E-state index contributed by atoms with van der Waals surface area (Å²) < 4.78 is 0. The van der Waals surface area contributed by atoms with Crippen LogP contribution < -0.4 is 0 Å². The Bertz CT molecular complexity index is 706. The van der Waals surface area contributed by atoms with Crippen molar-refractivity contribution in [2.75, 3.05) is 13.1 Å². The maximum absolute atomic E-state index is 12.6. The maximum atomic E-state index is 12.6. The summed E-state index contributed by atoms with van der Waals surface area (Å²) >= 11 is 0. The van der Waals surface area contributed by atoms with Crippen LogP contribution in [0, 0.1) is 5.41 Å². The Morgan fingerprint density at radius 3 is 2.81 bits per heavy atom. The number of aromatic nitrogens is 2. The lowest BCUT2D eigenvalue weighted by Gasteiger charge is -2.32. The first-order chi connectivity index (χ1) is 9.95. The molecule has 1 amide bonds. The second kappa shape index (κ2) is 5.02. The van der Waals surface area contributed by atoms with E-state index in [0.29, 0.717) is 6.54 Å². The fourth-order valence-corrected chi connectivity index (χ4v) is 2.79. The SMILES string of the molecule is CC(C)(C)C1=CCN(C(=O)c2ccc3nc[nH]c3c2)CC1. The van der Waals surface area contributed by atoms with Crippen LogP contribution in [0.4, 0.5) is 0 Å².